The Bertz CT molecular complexity index is 2260. The van der Waals surface area contributed by atoms with E-state index in [4.69, 9.17) is 25.8 Å². The van der Waals surface area contributed by atoms with Gasteiger partial charge in [-0.1, -0.05) is 36.6 Å². The van der Waals surface area contributed by atoms with E-state index in [0.29, 0.717) is 53.1 Å². The third-order valence-corrected chi connectivity index (χ3v) is 13.7. The molecule has 2 aliphatic carbocycles. The van der Waals surface area contributed by atoms with Gasteiger partial charge in [0.1, 0.15) is 35.0 Å². The number of halogens is 1. The Morgan fingerprint density at radius 1 is 1.14 bits per heavy atom. The predicted octanol–water partition coefficient (Wildman–Crippen LogP) is 3.35. The number of fused-ring (bicyclic) bond motifs is 3. The van der Waals surface area contributed by atoms with Crippen molar-refractivity contribution in [2.24, 2.45) is 13.0 Å². The molecule has 4 heterocycles. The van der Waals surface area contributed by atoms with E-state index in [1.54, 1.807) is 32.2 Å². The van der Waals surface area contributed by atoms with Crippen LogP contribution in [0.3, 0.4) is 0 Å². The molecule has 1 saturated heterocycles. The van der Waals surface area contributed by atoms with E-state index in [9.17, 15) is 27.6 Å². The zero-order valence-corrected chi connectivity index (χ0v) is 34.7. The van der Waals surface area contributed by atoms with Crippen molar-refractivity contribution in [1.29, 1.82) is 0 Å². The number of allylic oxidation sites excluding steroid dienone is 1. The minimum Gasteiger partial charge on any atom is -0.493 e. The van der Waals surface area contributed by atoms with Gasteiger partial charge in [-0.15, -0.1) is 5.10 Å². The number of nitrogens with one attached hydrogen (secondary N) is 3. The molecule has 312 valence electrons. The SMILES string of the molecule is COc1c(Cl)ccc2c(O[C@@H]3C[C@H]4C(=O)N[C@]5(C(=O)NS(=O)(=O)C6(C)CC6)CC5/C=C\CCCCC[C@H](NC(=O)c5cnn(C)n5)C(=O)N4C3)cc(OC(C)C)nc12. The van der Waals surface area contributed by atoms with Gasteiger partial charge in [-0.25, -0.2) is 13.4 Å². The summed E-state index contributed by atoms with van der Waals surface area (Å²) in [6.45, 7) is 5.21. The topological polar surface area (TPSA) is 213 Å². The van der Waals surface area contributed by atoms with Gasteiger partial charge >= 0.3 is 0 Å². The normalized spacial score (nSPS) is 26.4. The maximum Gasteiger partial charge on any atom is 0.274 e. The van der Waals surface area contributed by atoms with E-state index in [2.05, 4.69) is 30.5 Å². The van der Waals surface area contributed by atoms with Crippen LogP contribution in [0.25, 0.3) is 10.9 Å². The number of sulfonamides is 1. The molecule has 4 aliphatic rings. The smallest absolute Gasteiger partial charge is 0.274 e. The number of aromatic nitrogens is 4. The molecule has 1 aromatic carbocycles. The number of aryl methyl sites for hydroxylation is 1. The molecule has 0 spiro atoms. The van der Waals surface area contributed by atoms with E-state index in [0.717, 1.165) is 12.8 Å². The van der Waals surface area contributed by atoms with Gasteiger partial charge in [0.25, 0.3) is 11.8 Å². The number of hydrogen-bond donors (Lipinski definition) is 3. The zero-order chi connectivity index (χ0) is 41.6. The molecule has 3 fully saturated rings. The van der Waals surface area contributed by atoms with Crippen LogP contribution in [0.5, 0.6) is 17.4 Å². The van der Waals surface area contributed by atoms with Crippen LogP contribution in [-0.2, 0) is 31.5 Å². The molecule has 7 rings (SSSR count). The Balaban J connectivity index is 1.23. The first kappa shape index (κ1) is 41.2. The first-order valence-corrected chi connectivity index (χ1v) is 21.4. The van der Waals surface area contributed by atoms with Crippen LogP contribution in [0.15, 0.2) is 36.5 Å². The Kier molecular flexibility index (Phi) is 11.4. The molecular weight excluding hydrogens is 792 g/mol. The van der Waals surface area contributed by atoms with Gasteiger partial charge in [0, 0.05) is 30.8 Å². The average Bonchev–Trinajstić information content (AvgIpc) is 3.96. The molecule has 1 unspecified atom stereocenters. The average molecular weight is 841 g/mol. The highest BCUT2D eigenvalue weighted by Gasteiger charge is 2.63. The lowest BCUT2D eigenvalue weighted by atomic mass is 10.0. The molecule has 19 heteroatoms. The summed E-state index contributed by atoms with van der Waals surface area (Å²) >= 11 is 6.47. The number of nitrogens with zero attached hydrogens (tertiary/aromatic N) is 5. The Morgan fingerprint density at radius 2 is 1.91 bits per heavy atom. The fourth-order valence-electron chi connectivity index (χ4n) is 7.59. The fourth-order valence-corrected chi connectivity index (χ4v) is 9.13. The molecule has 0 bridgehead atoms. The molecule has 3 aromatic rings. The summed E-state index contributed by atoms with van der Waals surface area (Å²) in [5.74, 6) is -2.19. The van der Waals surface area contributed by atoms with Gasteiger partial charge < -0.3 is 29.7 Å². The number of rotatable bonds is 10. The first-order valence-electron chi connectivity index (χ1n) is 19.6. The van der Waals surface area contributed by atoms with E-state index in [1.807, 2.05) is 26.0 Å². The molecule has 2 aromatic heterocycles. The quantitative estimate of drug-likeness (QED) is 0.251. The van der Waals surface area contributed by atoms with Crippen molar-refractivity contribution in [3.8, 4) is 17.4 Å². The summed E-state index contributed by atoms with van der Waals surface area (Å²) in [5, 5.41) is 14.6. The molecule has 4 amide bonds. The lowest BCUT2D eigenvalue weighted by Crippen LogP contribution is -2.58. The number of carbonyl (C=O) groups is 4. The second-order valence-electron chi connectivity index (χ2n) is 16.1. The van der Waals surface area contributed by atoms with Crippen LogP contribution < -0.4 is 29.6 Å². The molecule has 2 aliphatic heterocycles. The van der Waals surface area contributed by atoms with Gasteiger partial charge in [0.2, 0.25) is 27.7 Å². The second kappa shape index (κ2) is 16.0. The highest BCUT2D eigenvalue weighted by atomic mass is 35.5. The monoisotopic (exact) mass is 840 g/mol. The number of ether oxygens (including phenoxy) is 3. The van der Waals surface area contributed by atoms with Crippen molar-refractivity contribution >= 4 is 56.2 Å². The third kappa shape index (κ3) is 8.30. The van der Waals surface area contributed by atoms with Crippen molar-refractivity contribution in [1.82, 2.24) is 40.2 Å². The van der Waals surface area contributed by atoms with Crippen LogP contribution in [0.2, 0.25) is 5.02 Å². The van der Waals surface area contributed by atoms with Gasteiger partial charge in [-0.2, -0.15) is 9.90 Å². The highest BCUT2D eigenvalue weighted by molar-refractivity contribution is 7.91. The van der Waals surface area contributed by atoms with Crippen molar-refractivity contribution in [2.75, 3.05) is 13.7 Å². The minimum atomic E-state index is -4.02. The first-order chi connectivity index (χ1) is 27.5. The van der Waals surface area contributed by atoms with E-state index >= 15 is 0 Å². The summed E-state index contributed by atoms with van der Waals surface area (Å²) in [4.78, 5) is 63.8. The Morgan fingerprint density at radius 3 is 2.60 bits per heavy atom. The van der Waals surface area contributed by atoms with Crippen LogP contribution in [0.4, 0.5) is 0 Å². The summed E-state index contributed by atoms with van der Waals surface area (Å²) < 4.78 is 45.8. The summed E-state index contributed by atoms with van der Waals surface area (Å²) in [5.41, 5.74) is -1.15. The summed E-state index contributed by atoms with van der Waals surface area (Å²) in [7, 11) is -0.977. The molecule has 3 N–H and O–H groups in total. The maximum atomic E-state index is 14.7. The molecule has 17 nitrogen and oxygen atoms in total. The number of methoxy groups -OCH3 is 1. The largest absolute Gasteiger partial charge is 0.493 e. The standard InChI is InChI=1S/C39H49ClN8O9S/c1-22(2)56-31-18-30(25-13-14-26(40)33(55-5)32(25)43-31)57-24-17-29-35(50)44-39(37(52)46-58(53,54)38(3)15-16-38)19-23(39)11-9-7-6-8-10-12-27(36(51)48(29)21-24)42-34(49)28-20-41-47(4)45-28/h9,11,13-14,18,20,22-24,27,29H,6-8,10,12,15-17,19,21H2,1-5H3,(H,42,49)(H,44,50)(H,46,52)/b11-9-/t23?,24-,27+,29+,39-/m1/s1. The van der Waals surface area contributed by atoms with Gasteiger partial charge in [0.15, 0.2) is 11.4 Å². The number of amides is 4. The highest BCUT2D eigenvalue weighted by Crippen LogP contribution is 2.48. The molecule has 2 saturated carbocycles. The molecule has 58 heavy (non-hydrogen) atoms. The van der Waals surface area contributed by atoms with Gasteiger partial charge in [-0.05, 0) is 71.4 Å². The number of hydrogen-bond acceptors (Lipinski definition) is 12. The van der Waals surface area contributed by atoms with Crippen molar-refractivity contribution in [3.63, 3.8) is 0 Å². The van der Waals surface area contributed by atoms with Crippen molar-refractivity contribution in [3.05, 3.63) is 47.3 Å². The zero-order valence-electron chi connectivity index (χ0n) is 33.1. The van der Waals surface area contributed by atoms with Crippen molar-refractivity contribution in [2.45, 2.75) is 113 Å². The van der Waals surface area contributed by atoms with E-state index in [-0.39, 0.29) is 43.5 Å². The van der Waals surface area contributed by atoms with Crippen LogP contribution >= 0.6 is 11.6 Å². The lowest BCUT2D eigenvalue weighted by molar-refractivity contribution is -0.141. The Hall–Kier alpha value is -4.97. The predicted molar refractivity (Wildman–Crippen MR) is 212 cm³/mol. The van der Waals surface area contributed by atoms with Gasteiger partial charge in [0.05, 0.1) is 35.7 Å². The van der Waals surface area contributed by atoms with Crippen molar-refractivity contribution < 1.29 is 41.8 Å². The number of benzene rings is 1. The van der Waals surface area contributed by atoms with Crippen LogP contribution in [0.1, 0.15) is 89.0 Å². The Labute approximate surface area is 341 Å². The van der Waals surface area contributed by atoms with Crippen LogP contribution in [0, 0.1) is 5.92 Å². The maximum absolute atomic E-state index is 14.7. The molecular formula is C39H49ClN8O9S. The van der Waals surface area contributed by atoms with Gasteiger partial charge in [-0.3, -0.25) is 23.9 Å². The molecule has 0 radical (unpaired) electrons. The number of pyridine rings is 1. The number of carbonyl (C=O) groups excluding carboxylic acids is 4. The second-order valence-corrected chi connectivity index (χ2v) is 18.7. The van der Waals surface area contributed by atoms with E-state index in [1.165, 1.54) is 23.0 Å². The summed E-state index contributed by atoms with van der Waals surface area (Å²) in [6.07, 6.45) is 8.13. The van der Waals surface area contributed by atoms with Crippen LogP contribution in [-0.4, -0.2) is 105 Å². The fraction of sp³-hybridized carbons (Fsp3) is 0.564. The lowest BCUT2D eigenvalue weighted by Gasteiger charge is -2.30. The molecule has 5 atom stereocenters. The third-order valence-electron chi connectivity index (χ3n) is 11.3. The minimum absolute atomic E-state index is 0.00805. The summed E-state index contributed by atoms with van der Waals surface area (Å²) in [6, 6.07) is 2.78. The van der Waals surface area contributed by atoms with E-state index < -0.39 is 68.0 Å².